The molecule has 0 aliphatic carbocycles. The highest BCUT2D eigenvalue weighted by atomic mass is 16.7. The van der Waals surface area contributed by atoms with Gasteiger partial charge in [-0.15, -0.1) is 0 Å². The number of carbonyl (C=O) groups excluding carboxylic acids is 1. The minimum absolute atomic E-state index is 0.148. The first-order valence-electron chi connectivity index (χ1n) is 8.43. The van der Waals surface area contributed by atoms with Crippen LogP contribution >= 0.6 is 0 Å². The molecule has 0 atom stereocenters. The highest BCUT2D eigenvalue weighted by molar-refractivity contribution is 5.91. The minimum atomic E-state index is -0.334. The second kappa shape index (κ2) is 6.95. The van der Waals surface area contributed by atoms with Crippen LogP contribution in [0.2, 0.25) is 0 Å². The van der Waals surface area contributed by atoms with Gasteiger partial charge in [0.2, 0.25) is 12.7 Å². The molecule has 0 radical (unpaired) electrons. The van der Waals surface area contributed by atoms with Crippen LogP contribution in [0.3, 0.4) is 0 Å². The molecule has 1 aromatic heterocycles. The van der Waals surface area contributed by atoms with Gasteiger partial charge in [0.25, 0.3) is 5.56 Å². The summed E-state index contributed by atoms with van der Waals surface area (Å²) >= 11 is 0. The first-order chi connectivity index (χ1) is 13.1. The van der Waals surface area contributed by atoms with Gasteiger partial charge in [-0.2, -0.15) is 0 Å². The van der Waals surface area contributed by atoms with E-state index < -0.39 is 0 Å². The second-order valence-electron chi connectivity index (χ2n) is 6.13. The summed E-state index contributed by atoms with van der Waals surface area (Å²) in [5.74, 6) is 1.34. The van der Waals surface area contributed by atoms with Crippen LogP contribution in [-0.2, 0) is 11.3 Å². The summed E-state index contributed by atoms with van der Waals surface area (Å²) in [6, 6.07) is 15.9. The lowest BCUT2D eigenvalue weighted by molar-refractivity contribution is -0.116. The molecule has 4 rings (SSSR count). The summed E-state index contributed by atoms with van der Waals surface area (Å²) < 4.78 is 11.9. The van der Waals surface area contributed by atoms with Crippen molar-refractivity contribution in [3.05, 3.63) is 70.6 Å². The molecule has 3 aromatic rings. The molecule has 2 heterocycles. The van der Waals surface area contributed by atoms with E-state index in [-0.39, 0.29) is 24.8 Å². The Morgan fingerprint density at radius 3 is 2.70 bits per heavy atom. The Morgan fingerprint density at radius 2 is 1.89 bits per heavy atom. The van der Waals surface area contributed by atoms with Crippen LogP contribution in [0.15, 0.2) is 59.4 Å². The standard InChI is InChI=1S/C20H17N3O4/c1-13-9-19(25)23(20(21-13)14-5-3-2-4-6-14)11-18(24)22-15-7-8-16-17(10-15)27-12-26-16/h2-10H,11-12H2,1H3,(H,22,24). The van der Waals surface area contributed by atoms with Crippen LogP contribution in [0, 0.1) is 6.92 Å². The molecule has 1 aliphatic rings. The van der Waals surface area contributed by atoms with Gasteiger partial charge in [0, 0.05) is 29.1 Å². The van der Waals surface area contributed by atoms with Crippen molar-refractivity contribution in [3.8, 4) is 22.9 Å². The number of benzene rings is 2. The van der Waals surface area contributed by atoms with Gasteiger partial charge in [-0.05, 0) is 19.1 Å². The van der Waals surface area contributed by atoms with Crippen LogP contribution in [-0.4, -0.2) is 22.3 Å². The number of hydrogen-bond acceptors (Lipinski definition) is 5. The zero-order chi connectivity index (χ0) is 18.8. The number of anilines is 1. The summed E-state index contributed by atoms with van der Waals surface area (Å²) in [6.07, 6.45) is 0. The second-order valence-corrected chi connectivity index (χ2v) is 6.13. The maximum absolute atomic E-state index is 12.5. The SMILES string of the molecule is Cc1cc(=O)n(CC(=O)Nc2ccc3c(c2)OCO3)c(-c2ccccc2)n1. The largest absolute Gasteiger partial charge is 0.454 e. The topological polar surface area (TPSA) is 82.5 Å². The average molecular weight is 363 g/mol. The smallest absolute Gasteiger partial charge is 0.254 e. The van der Waals surface area contributed by atoms with E-state index in [0.29, 0.717) is 28.7 Å². The molecule has 1 N–H and O–H groups in total. The van der Waals surface area contributed by atoms with Crippen molar-refractivity contribution in [2.24, 2.45) is 0 Å². The lowest BCUT2D eigenvalue weighted by atomic mass is 10.2. The summed E-state index contributed by atoms with van der Waals surface area (Å²) in [4.78, 5) is 29.5. The lowest BCUT2D eigenvalue weighted by Crippen LogP contribution is -2.29. The number of hydrogen-bond donors (Lipinski definition) is 1. The van der Waals surface area contributed by atoms with Gasteiger partial charge in [-0.3, -0.25) is 14.2 Å². The van der Waals surface area contributed by atoms with E-state index >= 15 is 0 Å². The molecule has 0 fully saturated rings. The fourth-order valence-electron chi connectivity index (χ4n) is 2.90. The van der Waals surface area contributed by atoms with E-state index in [1.54, 1.807) is 25.1 Å². The van der Waals surface area contributed by atoms with Crippen molar-refractivity contribution >= 4 is 11.6 Å². The number of nitrogens with zero attached hydrogens (tertiary/aromatic N) is 2. The van der Waals surface area contributed by atoms with Crippen LogP contribution in [0.5, 0.6) is 11.5 Å². The van der Waals surface area contributed by atoms with Crippen molar-refractivity contribution in [3.63, 3.8) is 0 Å². The number of fused-ring (bicyclic) bond motifs is 1. The Balaban J connectivity index is 1.60. The zero-order valence-electron chi connectivity index (χ0n) is 14.6. The van der Waals surface area contributed by atoms with Gasteiger partial charge in [0.1, 0.15) is 12.4 Å². The molecule has 2 aromatic carbocycles. The van der Waals surface area contributed by atoms with Gasteiger partial charge < -0.3 is 14.8 Å². The Bertz CT molecular complexity index is 1060. The third-order valence-electron chi connectivity index (χ3n) is 4.13. The first-order valence-corrected chi connectivity index (χ1v) is 8.43. The number of carbonyl (C=O) groups is 1. The van der Waals surface area contributed by atoms with E-state index in [9.17, 15) is 9.59 Å². The maximum atomic E-state index is 12.5. The van der Waals surface area contributed by atoms with Gasteiger partial charge in [-0.25, -0.2) is 4.98 Å². The molecular formula is C20H17N3O4. The summed E-state index contributed by atoms with van der Waals surface area (Å²) in [5.41, 5.74) is 1.67. The Kier molecular flexibility index (Phi) is 4.33. The molecule has 7 heteroatoms. The highest BCUT2D eigenvalue weighted by Gasteiger charge is 2.16. The minimum Gasteiger partial charge on any atom is -0.454 e. The van der Waals surface area contributed by atoms with Gasteiger partial charge in [0.15, 0.2) is 11.5 Å². The number of nitrogens with one attached hydrogen (secondary N) is 1. The van der Waals surface area contributed by atoms with Crippen molar-refractivity contribution in [1.29, 1.82) is 0 Å². The molecule has 27 heavy (non-hydrogen) atoms. The van der Waals surface area contributed by atoms with E-state index in [1.165, 1.54) is 10.6 Å². The molecule has 7 nitrogen and oxygen atoms in total. The summed E-state index contributed by atoms with van der Waals surface area (Å²) in [5, 5.41) is 2.78. The fourth-order valence-corrected chi connectivity index (χ4v) is 2.90. The van der Waals surface area contributed by atoms with Crippen LogP contribution in [0.1, 0.15) is 5.69 Å². The number of ether oxygens (including phenoxy) is 2. The lowest BCUT2D eigenvalue weighted by Gasteiger charge is -2.13. The van der Waals surface area contributed by atoms with Gasteiger partial charge in [-0.1, -0.05) is 30.3 Å². The monoisotopic (exact) mass is 363 g/mol. The molecule has 0 unspecified atom stereocenters. The van der Waals surface area contributed by atoms with E-state index in [0.717, 1.165) is 5.56 Å². The molecule has 0 bridgehead atoms. The zero-order valence-corrected chi connectivity index (χ0v) is 14.6. The molecular weight excluding hydrogens is 346 g/mol. The van der Waals surface area contributed by atoms with Crippen LogP contribution in [0.4, 0.5) is 5.69 Å². The van der Waals surface area contributed by atoms with E-state index in [4.69, 9.17) is 9.47 Å². The number of rotatable bonds is 4. The maximum Gasteiger partial charge on any atom is 0.254 e. The van der Waals surface area contributed by atoms with Crippen molar-refractivity contribution < 1.29 is 14.3 Å². The highest BCUT2D eigenvalue weighted by Crippen LogP contribution is 2.34. The molecule has 1 amide bonds. The molecule has 0 saturated heterocycles. The predicted octanol–water partition coefficient (Wildman–Crippen LogP) is 2.59. The summed E-state index contributed by atoms with van der Waals surface area (Å²) in [7, 11) is 0. The molecule has 1 aliphatic heterocycles. The first kappa shape index (κ1) is 16.8. The quantitative estimate of drug-likeness (QED) is 0.770. The third kappa shape index (κ3) is 3.52. The van der Waals surface area contributed by atoms with Crippen LogP contribution < -0.4 is 20.3 Å². The Morgan fingerprint density at radius 1 is 1.11 bits per heavy atom. The average Bonchev–Trinajstić information content (AvgIpc) is 3.12. The van der Waals surface area contributed by atoms with Crippen molar-refractivity contribution in [2.45, 2.75) is 13.5 Å². The number of aryl methyl sites for hydroxylation is 1. The Hall–Kier alpha value is -3.61. The summed E-state index contributed by atoms with van der Waals surface area (Å²) in [6.45, 7) is 1.77. The normalized spacial score (nSPS) is 12.0. The Labute approximate surface area is 155 Å². The van der Waals surface area contributed by atoms with Crippen molar-refractivity contribution in [2.75, 3.05) is 12.1 Å². The van der Waals surface area contributed by atoms with E-state index in [2.05, 4.69) is 10.3 Å². The van der Waals surface area contributed by atoms with Crippen LogP contribution in [0.25, 0.3) is 11.4 Å². The number of amides is 1. The third-order valence-corrected chi connectivity index (χ3v) is 4.13. The van der Waals surface area contributed by atoms with E-state index in [1.807, 2.05) is 30.3 Å². The number of aromatic nitrogens is 2. The van der Waals surface area contributed by atoms with Gasteiger partial charge in [0.05, 0.1) is 0 Å². The molecule has 136 valence electrons. The van der Waals surface area contributed by atoms with Gasteiger partial charge >= 0.3 is 0 Å². The molecule has 0 saturated carbocycles. The predicted molar refractivity (Wildman–Crippen MR) is 99.9 cm³/mol. The molecule has 0 spiro atoms. The fraction of sp³-hybridized carbons (Fsp3) is 0.150. The van der Waals surface area contributed by atoms with Crippen molar-refractivity contribution in [1.82, 2.24) is 9.55 Å².